The number of fused-ring (bicyclic) bond motifs is 1. The molecule has 0 N–H and O–H groups in total. The van der Waals surface area contributed by atoms with Crippen molar-refractivity contribution in [1.82, 2.24) is 14.2 Å². The number of nitrogens with zero attached hydrogens (tertiary/aromatic N) is 4. The lowest BCUT2D eigenvalue weighted by molar-refractivity contribution is -0.121. The van der Waals surface area contributed by atoms with Gasteiger partial charge >= 0.3 is 0 Å². The zero-order valence-electron chi connectivity index (χ0n) is 21.7. The number of amides is 1. The van der Waals surface area contributed by atoms with Crippen molar-refractivity contribution in [3.05, 3.63) is 42.5 Å². The number of thiazole rings is 1. The number of methoxy groups -OCH3 is 1. The first kappa shape index (κ1) is 27.3. The van der Waals surface area contributed by atoms with Gasteiger partial charge < -0.3 is 14.4 Å². The lowest BCUT2D eigenvalue weighted by Crippen LogP contribution is -2.48. The Labute approximate surface area is 222 Å². The number of rotatable bonds is 11. The highest BCUT2D eigenvalue weighted by atomic mass is 32.2. The molecular formula is C26H34N4O5S2. The lowest BCUT2D eigenvalue weighted by Gasteiger charge is -2.29. The van der Waals surface area contributed by atoms with Crippen LogP contribution in [0.1, 0.15) is 26.2 Å². The van der Waals surface area contributed by atoms with E-state index in [0.717, 1.165) is 28.9 Å². The zero-order valence-corrected chi connectivity index (χ0v) is 23.3. The zero-order chi connectivity index (χ0) is 26.6. The van der Waals surface area contributed by atoms with E-state index in [1.807, 2.05) is 39.2 Å². The second-order valence-corrected chi connectivity index (χ2v) is 12.1. The second kappa shape index (κ2) is 11.8. The summed E-state index contributed by atoms with van der Waals surface area (Å²) in [6, 6.07) is 11.2. The Morgan fingerprint density at radius 2 is 1.86 bits per heavy atom. The molecule has 1 aromatic heterocycles. The minimum Gasteiger partial charge on any atom is -0.497 e. The van der Waals surface area contributed by atoms with Crippen LogP contribution >= 0.6 is 11.3 Å². The van der Waals surface area contributed by atoms with Crippen molar-refractivity contribution in [3.8, 4) is 11.5 Å². The van der Waals surface area contributed by atoms with E-state index in [2.05, 4.69) is 4.90 Å². The summed E-state index contributed by atoms with van der Waals surface area (Å²) in [5, 5.41) is 0.570. The number of sulfonamides is 1. The molecule has 1 aliphatic heterocycles. The molecule has 3 aromatic rings. The number of aromatic nitrogens is 1. The predicted octanol–water partition coefficient (Wildman–Crippen LogP) is 3.84. The van der Waals surface area contributed by atoms with Crippen LogP contribution in [0.25, 0.3) is 10.2 Å². The van der Waals surface area contributed by atoms with Gasteiger partial charge in [-0.25, -0.2) is 13.4 Å². The van der Waals surface area contributed by atoms with E-state index >= 15 is 0 Å². The van der Waals surface area contributed by atoms with Crippen molar-refractivity contribution in [2.24, 2.45) is 0 Å². The second-order valence-electron chi connectivity index (χ2n) is 9.15. The molecular weight excluding hydrogens is 512 g/mol. The summed E-state index contributed by atoms with van der Waals surface area (Å²) in [4.78, 5) is 22.6. The van der Waals surface area contributed by atoms with Gasteiger partial charge in [0.1, 0.15) is 17.5 Å². The van der Waals surface area contributed by atoms with Gasteiger partial charge in [0.05, 0.1) is 28.8 Å². The maximum Gasteiger partial charge on any atom is 0.247 e. The molecule has 9 nitrogen and oxygen atoms in total. The number of hydrogen-bond acceptors (Lipinski definition) is 8. The molecule has 1 fully saturated rings. The summed E-state index contributed by atoms with van der Waals surface area (Å²) < 4.78 is 40.1. The van der Waals surface area contributed by atoms with Crippen LogP contribution in [0.3, 0.4) is 0 Å². The van der Waals surface area contributed by atoms with Crippen molar-refractivity contribution >= 4 is 42.6 Å². The van der Waals surface area contributed by atoms with Gasteiger partial charge in [-0.1, -0.05) is 11.3 Å². The topological polar surface area (TPSA) is 92.3 Å². The normalized spacial score (nSPS) is 16.4. The Morgan fingerprint density at radius 3 is 2.54 bits per heavy atom. The molecule has 1 aliphatic rings. The maximum absolute atomic E-state index is 14.0. The summed E-state index contributed by atoms with van der Waals surface area (Å²) in [6.07, 6.45) is 1.82. The number of carbonyl (C=O) groups is 1. The molecule has 2 heterocycles. The van der Waals surface area contributed by atoms with E-state index < -0.39 is 16.1 Å². The standard InChI is InChI=1S/C26H34N4O5S2/c1-5-35-20-11-14-22-24(18-20)36-26(27-22)29(16-7-15-28(2)3)25(31)23-8-6-17-30(23)37(32,33)21-12-9-19(34-4)10-13-21/h9-14,18,23H,5-8,15-17H2,1-4H3. The van der Waals surface area contributed by atoms with Crippen LogP contribution in [0.5, 0.6) is 11.5 Å². The summed E-state index contributed by atoms with van der Waals surface area (Å²) in [5.74, 6) is 1.09. The fourth-order valence-corrected chi connectivity index (χ4v) is 7.12. The van der Waals surface area contributed by atoms with E-state index in [1.165, 1.54) is 34.9 Å². The van der Waals surface area contributed by atoms with Crippen molar-refractivity contribution in [2.75, 3.05) is 52.3 Å². The lowest BCUT2D eigenvalue weighted by atomic mass is 10.2. The van der Waals surface area contributed by atoms with Gasteiger partial charge in [0.15, 0.2) is 5.13 Å². The third kappa shape index (κ3) is 6.06. The van der Waals surface area contributed by atoms with E-state index in [1.54, 1.807) is 17.0 Å². The van der Waals surface area contributed by atoms with Gasteiger partial charge in [-0.15, -0.1) is 0 Å². The first-order chi connectivity index (χ1) is 17.7. The molecule has 200 valence electrons. The molecule has 0 radical (unpaired) electrons. The van der Waals surface area contributed by atoms with Crippen LogP contribution in [0.2, 0.25) is 0 Å². The first-order valence-corrected chi connectivity index (χ1v) is 14.7. The van der Waals surface area contributed by atoms with E-state index in [-0.39, 0.29) is 10.8 Å². The minimum absolute atomic E-state index is 0.149. The van der Waals surface area contributed by atoms with Crippen molar-refractivity contribution in [2.45, 2.75) is 37.1 Å². The number of benzene rings is 2. The highest BCUT2D eigenvalue weighted by molar-refractivity contribution is 7.89. The first-order valence-electron chi connectivity index (χ1n) is 12.4. The van der Waals surface area contributed by atoms with Crippen LogP contribution in [0.4, 0.5) is 5.13 Å². The Kier molecular flexibility index (Phi) is 8.68. The van der Waals surface area contributed by atoms with Gasteiger partial charge in [-0.3, -0.25) is 9.69 Å². The third-order valence-electron chi connectivity index (χ3n) is 6.30. The maximum atomic E-state index is 14.0. The number of hydrogen-bond donors (Lipinski definition) is 0. The van der Waals surface area contributed by atoms with Crippen molar-refractivity contribution < 1.29 is 22.7 Å². The highest BCUT2D eigenvalue weighted by Gasteiger charge is 2.42. The molecule has 1 atom stereocenters. The van der Waals surface area contributed by atoms with E-state index in [4.69, 9.17) is 14.5 Å². The molecule has 1 amide bonds. The van der Waals surface area contributed by atoms with Crippen molar-refractivity contribution in [1.29, 1.82) is 0 Å². The molecule has 37 heavy (non-hydrogen) atoms. The molecule has 0 spiro atoms. The molecule has 1 unspecified atom stereocenters. The van der Waals surface area contributed by atoms with E-state index in [0.29, 0.717) is 43.4 Å². The summed E-state index contributed by atoms with van der Waals surface area (Å²) >= 11 is 1.42. The Bertz CT molecular complexity index is 1320. The molecule has 0 aliphatic carbocycles. The van der Waals surface area contributed by atoms with Crippen LogP contribution in [-0.2, 0) is 14.8 Å². The molecule has 1 saturated heterocycles. The Balaban J connectivity index is 1.64. The van der Waals surface area contributed by atoms with Crippen molar-refractivity contribution in [3.63, 3.8) is 0 Å². The summed E-state index contributed by atoms with van der Waals surface area (Å²) in [6.45, 7) is 4.03. The predicted molar refractivity (Wildman–Crippen MR) is 146 cm³/mol. The Hall–Kier alpha value is -2.73. The Morgan fingerprint density at radius 1 is 1.14 bits per heavy atom. The molecule has 11 heteroatoms. The number of anilines is 1. The summed E-state index contributed by atoms with van der Waals surface area (Å²) in [7, 11) is 1.65. The van der Waals surface area contributed by atoms with Gasteiger partial charge in [-0.05, 0) is 89.3 Å². The average Bonchev–Trinajstić information content (AvgIpc) is 3.54. The quantitative estimate of drug-likeness (QED) is 0.361. The molecule has 0 saturated carbocycles. The molecule has 0 bridgehead atoms. The van der Waals surface area contributed by atoms with Crippen LogP contribution in [0, 0.1) is 0 Å². The monoisotopic (exact) mass is 546 g/mol. The third-order valence-corrected chi connectivity index (χ3v) is 9.26. The minimum atomic E-state index is -3.86. The largest absolute Gasteiger partial charge is 0.497 e. The SMILES string of the molecule is CCOc1ccc2nc(N(CCCN(C)C)C(=O)C3CCCN3S(=O)(=O)c3ccc(OC)cc3)sc2c1. The number of ether oxygens (including phenoxy) is 2. The van der Waals surface area contributed by atoms with Crippen LogP contribution in [0.15, 0.2) is 47.4 Å². The smallest absolute Gasteiger partial charge is 0.247 e. The van der Waals surface area contributed by atoms with Gasteiger partial charge in [0.2, 0.25) is 15.9 Å². The molecule has 2 aromatic carbocycles. The number of carbonyl (C=O) groups excluding carboxylic acids is 1. The van der Waals surface area contributed by atoms with Gasteiger partial charge in [0, 0.05) is 13.1 Å². The molecule has 4 rings (SSSR count). The van der Waals surface area contributed by atoms with Crippen LogP contribution < -0.4 is 14.4 Å². The van der Waals surface area contributed by atoms with Gasteiger partial charge in [0.25, 0.3) is 0 Å². The fourth-order valence-electron chi connectivity index (χ4n) is 4.45. The van der Waals surface area contributed by atoms with E-state index in [9.17, 15) is 13.2 Å². The highest BCUT2D eigenvalue weighted by Crippen LogP contribution is 2.34. The average molecular weight is 547 g/mol. The fraction of sp³-hybridized carbons (Fsp3) is 0.462. The van der Waals surface area contributed by atoms with Gasteiger partial charge in [-0.2, -0.15) is 4.31 Å². The summed E-state index contributed by atoms with van der Waals surface area (Å²) in [5.41, 5.74) is 0.781. The van der Waals surface area contributed by atoms with Crippen LogP contribution in [-0.4, -0.2) is 82.0 Å².